The Bertz CT molecular complexity index is 560. The second kappa shape index (κ2) is 5.22. The van der Waals surface area contributed by atoms with Gasteiger partial charge < -0.3 is 0 Å². The number of rotatable bonds is 4. The monoisotopic (exact) mass is 308 g/mol. The summed E-state index contributed by atoms with van der Waals surface area (Å²) in [7, 11) is -5.33. The van der Waals surface area contributed by atoms with Crippen LogP contribution in [0.3, 0.4) is 0 Å². The van der Waals surface area contributed by atoms with E-state index in [1.165, 1.54) is 33.9 Å². The second-order valence-electron chi connectivity index (χ2n) is 3.13. The Hall–Kier alpha value is -1.17. The first kappa shape index (κ1) is 13.3. The number of halogens is 1. The van der Waals surface area contributed by atoms with E-state index >= 15 is 0 Å². The summed E-state index contributed by atoms with van der Waals surface area (Å²) in [6.45, 7) is 0. The molecule has 8 nitrogen and oxygen atoms in total. The van der Waals surface area contributed by atoms with Crippen LogP contribution in [0.15, 0.2) is 24.8 Å². The van der Waals surface area contributed by atoms with Crippen molar-refractivity contribution in [3.63, 3.8) is 0 Å². The lowest BCUT2D eigenvalue weighted by Gasteiger charge is -2.10. The molecule has 18 heavy (non-hydrogen) atoms. The van der Waals surface area contributed by atoms with Crippen molar-refractivity contribution in [2.45, 2.75) is 5.62 Å². The molecule has 0 fully saturated rings. The Morgan fingerprint density at radius 1 is 1.06 bits per heavy atom. The van der Waals surface area contributed by atoms with Crippen molar-refractivity contribution < 1.29 is 18.9 Å². The minimum atomic E-state index is -2.66. The van der Waals surface area contributed by atoms with Crippen LogP contribution in [-0.4, -0.2) is 28.9 Å². The fourth-order valence-corrected chi connectivity index (χ4v) is 2.90. The summed E-state index contributed by atoms with van der Waals surface area (Å²) in [5.41, 5.74) is -1.26. The molecule has 0 aliphatic heterocycles. The molecule has 94 valence electrons. The molecule has 0 saturated carbocycles. The molecule has 0 spiro atoms. The van der Waals surface area contributed by atoms with Crippen LogP contribution >= 0.6 is 27.7 Å². The van der Waals surface area contributed by atoms with Crippen LogP contribution in [0, 0.1) is 0 Å². The van der Waals surface area contributed by atoms with E-state index in [9.17, 15) is 9.13 Å². The van der Waals surface area contributed by atoms with Crippen molar-refractivity contribution in [3.05, 3.63) is 24.8 Å². The van der Waals surface area contributed by atoms with E-state index in [4.69, 9.17) is 21.4 Å². The highest BCUT2D eigenvalue weighted by Gasteiger charge is 2.33. The van der Waals surface area contributed by atoms with Gasteiger partial charge in [0.15, 0.2) is 5.62 Å². The van der Waals surface area contributed by atoms with Crippen molar-refractivity contribution in [1.29, 1.82) is 0 Å². The Balaban J connectivity index is 2.45. The Kier molecular flexibility index (Phi) is 3.85. The zero-order valence-corrected chi connectivity index (χ0v) is 11.2. The van der Waals surface area contributed by atoms with Gasteiger partial charge in [0, 0.05) is 24.8 Å². The molecule has 2 aromatic rings. The Labute approximate surface area is 108 Å². The second-order valence-corrected chi connectivity index (χ2v) is 5.41. The highest BCUT2D eigenvalue weighted by atomic mass is 35.5. The lowest BCUT2D eigenvalue weighted by atomic mass is 10.8. The zero-order valence-electron chi connectivity index (χ0n) is 8.66. The predicted molar refractivity (Wildman–Crippen MR) is 63.7 cm³/mol. The van der Waals surface area contributed by atoms with Crippen molar-refractivity contribution >= 4 is 38.8 Å². The number of hydrogen-bond donors (Lipinski definition) is 2. The van der Waals surface area contributed by atoms with Crippen molar-refractivity contribution in [1.82, 2.24) is 19.1 Å². The van der Waals surface area contributed by atoms with Gasteiger partial charge in [-0.1, -0.05) is 11.6 Å². The van der Waals surface area contributed by atoms with E-state index in [0.717, 1.165) is 0 Å². The number of nitrogens with zero attached hydrogens (tertiary/aromatic N) is 4. The first-order chi connectivity index (χ1) is 8.52. The van der Waals surface area contributed by atoms with E-state index in [1.807, 2.05) is 0 Å². The molecule has 0 saturated heterocycles. The van der Waals surface area contributed by atoms with Crippen molar-refractivity contribution in [2.24, 2.45) is 0 Å². The van der Waals surface area contributed by atoms with Crippen LogP contribution in [0.1, 0.15) is 5.62 Å². The van der Waals surface area contributed by atoms with Gasteiger partial charge >= 0.3 is 27.2 Å². The lowest BCUT2D eigenvalue weighted by Crippen LogP contribution is -2.27. The number of alkyl halides is 1. The molecule has 2 unspecified atom stereocenters. The first-order valence-corrected chi connectivity index (χ1v) is 7.40. The largest absolute Gasteiger partial charge is 0.586 e. The van der Waals surface area contributed by atoms with Gasteiger partial charge in [-0.25, -0.2) is 0 Å². The highest BCUT2D eigenvalue weighted by molar-refractivity contribution is 7.47. The van der Waals surface area contributed by atoms with Gasteiger partial charge in [-0.2, -0.15) is 19.8 Å². The average Bonchev–Trinajstić information content (AvgIpc) is 2.97. The molecule has 2 heterocycles. The minimum Gasteiger partial charge on any atom is -0.255 e. The minimum absolute atomic E-state index is 0.127. The molecule has 11 heteroatoms. The summed E-state index contributed by atoms with van der Waals surface area (Å²) in [4.78, 5) is 25.5. The van der Waals surface area contributed by atoms with E-state index in [1.54, 1.807) is 0 Å². The normalized spacial score (nSPS) is 14.4. The van der Waals surface area contributed by atoms with Gasteiger partial charge in [-0.15, -0.1) is 0 Å². The third-order valence-corrected chi connectivity index (χ3v) is 3.90. The summed E-state index contributed by atoms with van der Waals surface area (Å²) in [5, 5.41) is 0. The summed E-state index contributed by atoms with van der Waals surface area (Å²) in [5.74, 6) is 0. The predicted octanol–water partition coefficient (Wildman–Crippen LogP) is 0.0428. The van der Waals surface area contributed by atoms with E-state index in [-0.39, 0.29) is 11.1 Å². The van der Waals surface area contributed by atoms with Crippen LogP contribution in [0.4, 0.5) is 0 Å². The molecule has 0 aliphatic carbocycles. The Morgan fingerprint density at radius 3 is 1.78 bits per heavy atom. The van der Waals surface area contributed by atoms with Crippen molar-refractivity contribution in [3.8, 4) is 0 Å². The maximum Gasteiger partial charge on any atom is 0.586 e. The van der Waals surface area contributed by atoms with Gasteiger partial charge in [0.05, 0.1) is 0 Å². The van der Waals surface area contributed by atoms with Gasteiger partial charge in [0.2, 0.25) is 0 Å². The average molecular weight is 309 g/mol. The third kappa shape index (κ3) is 2.34. The standard InChI is InChI=1S/C7H5ClN4O4P2/c8-5(11-3-1-9-6(11)17(13)14)12-4-2-10-7(12)18(15)16/h1-5H/p+2. The van der Waals surface area contributed by atoms with E-state index in [2.05, 4.69) is 9.97 Å². The van der Waals surface area contributed by atoms with Gasteiger partial charge in [0.1, 0.15) is 0 Å². The molecule has 0 bridgehead atoms. The molecule has 0 radical (unpaired) electrons. The summed E-state index contributed by atoms with van der Waals surface area (Å²) in [6, 6.07) is 0. The molecule has 0 amide bonds. The van der Waals surface area contributed by atoms with E-state index < -0.39 is 21.7 Å². The topological polar surface area (TPSA) is 110 Å². The van der Waals surface area contributed by atoms with Crippen LogP contribution in [-0.2, 0) is 9.13 Å². The molecule has 0 aliphatic rings. The quantitative estimate of drug-likeness (QED) is 0.609. The SMILES string of the molecule is O=[P+](O)c1nccn1C(Cl)n1ccnc1[P+](=O)O. The molecular weight excluding hydrogens is 302 g/mol. The van der Waals surface area contributed by atoms with Crippen molar-refractivity contribution in [2.75, 3.05) is 0 Å². The van der Waals surface area contributed by atoms with E-state index in [0.29, 0.717) is 0 Å². The number of aromatic nitrogens is 4. The molecular formula is C7H7ClN4O4P2+2. The molecule has 2 aromatic heterocycles. The van der Waals surface area contributed by atoms with Crippen LogP contribution in [0.5, 0.6) is 0 Å². The van der Waals surface area contributed by atoms with Crippen LogP contribution in [0.25, 0.3) is 0 Å². The molecule has 2 N–H and O–H groups in total. The smallest absolute Gasteiger partial charge is 0.255 e. The number of imidazole rings is 2. The molecule has 0 aromatic carbocycles. The number of hydrogen-bond acceptors (Lipinski definition) is 4. The third-order valence-electron chi connectivity index (χ3n) is 2.10. The van der Waals surface area contributed by atoms with Crippen LogP contribution in [0.2, 0.25) is 0 Å². The maximum atomic E-state index is 11.0. The maximum absolute atomic E-state index is 11.0. The lowest BCUT2D eigenvalue weighted by molar-refractivity contribution is 0.502. The summed E-state index contributed by atoms with van der Waals surface area (Å²) >= 11 is 6.08. The highest BCUT2D eigenvalue weighted by Crippen LogP contribution is 2.22. The van der Waals surface area contributed by atoms with Gasteiger partial charge in [-0.3, -0.25) is 9.13 Å². The van der Waals surface area contributed by atoms with Gasteiger partial charge in [-0.05, 0) is 9.13 Å². The summed E-state index contributed by atoms with van der Waals surface area (Å²) < 4.78 is 24.5. The van der Waals surface area contributed by atoms with Gasteiger partial charge in [0.25, 0.3) is 0 Å². The fraction of sp³-hybridized carbons (Fsp3) is 0.143. The van der Waals surface area contributed by atoms with Crippen LogP contribution < -0.4 is 11.1 Å². The zero-order chi connectivity index (χ0) is 13.3. The fourth-order valence-electron chi connectivity index (χ4n) is 1.37. The first-order valence-electron chi connectivity index (χ1n) is 4.54. The molecule has 2 atom stereocenters. The molecule has 2 rings (SSSR count). The Morgan fingerprint density at radius 2 is 1.44 bits per heavy atom. The summed E-state index contributed by atoms with van der Waals surface area (Å²) in [6.07, 6.45) is 5.41.